The van der Waals surface area contributed by atoms with Crippen molar-refractivity contribution in [3.63, 3.8) is 0 Å². The molecule has 0 spiro atoms. The Balaban J connectivity index is 1.48. The van der Waals surface area contributed by atoms with Gasteiger partial charge in [0.15, 0.2) is 11.6 Å². The largest absolute Gasteiger partial charge is 0.347 e. The van der Waals surface area contributed by atoms with Crippen molar-refractivity contribution >= 4 is 39.1 Å². The van der Waals surface area contributed by atoms with Gasteiger partial charge in [0.05, 0.1) is 18.3 Å². The van der Waals surface area contributed by atoms with Crippen molar-refractivity contribution in [2.75, 3.05) is 11.9 Å². The summed E-state index contributed by atoms with van der Waals surface area (Å²) in [5, 5.41) is 7.00. The van der Waals surface area contributed by atoms with Gasteiger partial charge in [-0.1, -0.05) is 0 Å². The second-order valence-corrected chi connectivity index (χ2v) is 6.48. The Labute approximate surface area is 155 Å². The highest BCUT2D eigenvalue weighted by molar-refractivity contribution is 7.16. The van der Waals surface area contributed by atoms with E-state index in [0.717, 1.165) is 12.1 Å². The second-order valence-electron chi connectivity index (χ2n) is 5.59. The number of amides is 2. The molecule has 0 unspecified atom stereocenters. The maximum atomic E-state index is 13.1. The Kier molecular flexibility index (Phi) is 5.55. The number of thiophene rings is 1. The van der Waals surface area contributed by atoms with Gasteiger partial charge in [0.25, 0.3) is 5.56 Å². The van der Waals surface area contributed by atoms with E-state index in [1.165, 1.54) is 28.3 Å². The molecule has 7 nitrogen and oxygen atoms in total. The van der Waals surface area contributed by atoms with E-state index in [-0.39, 0.29) is 30.8 Å². The van der Waals surface area contributed by atoms with Crippen molar-refractivity contribution in [3.05, 3.63) is 58.0 Å². The summed E-state index contributed by atoms with van der Waals surface area (Å²) in [5.74, 6) is -3.13. The van der Waals surface area contributed by atoms with Crippen LogP contribution in [-0.4, -0.2) is 27.9 Å². The predicted octanol–water partition coefficient (Wildman–Crippen LogP) is 1.88. The van der Waals surface area contributed by atoms with Gasteiger partial charge < -0.3 is 10.6 Å². The Bertz CT molecular complexity index is 1060. The molecular formula is C17H14F2N4O3S. The second kappa shape index (κ2) is 8.04. The van der Waals surface area contributed by atoms with Crippen LogP contribution in [-0.2, 0) is 16.1 Å². The summed E-state index contributed by atoms with van der Waals surface area (Å²) in [4.78, 5) is 40.6. The number of hydrogen-bond donors (Lipinski definition) is 2. The summed E-state index contributed by atoms with van der Waals surface area (Å²) < 4.78 is 27.3. The molecule has 0 saturated heterocycles. The summed E-state index contributed by atoms with van der Waals surface area (Å²) in [6.45, 7) is -0.219. The summed E-state index contributed by atoms with van der Waals surface area (Å²) in [5.41, 5.74) is -0.153. The average molecular weight is 392 g/mol. The van der Waals surface area contributed by atoms with Crippen LogP contribution in [0.4, 0.5) is 14.5 Å². The number of anilines is 1. The number of hydrogen-bond acceptors (Lipinski definition) is 5. The number of benzene rings is 1. The molecule has 0 atom stereocenters. The molecule has 1 aromatic carbocycles. The zero-order valence-corrected chi connectivity index (χ0v) is 14.7. The molecule has 0 aliphatic carbocycles. The minimum absolute atomic E-state index is 0.0182. The molecule has 0 aliphatic rings. The minimum atomic E-state index is -1.08. The van der Waals surface area contributed by atoms with E-state index in [0.29, 0.717) is 10.2 Å². The topological polar surface area (TPSA) is 93.1 Å². The van der Waals surface area contributed by atoms with Crippen molar-refractivity contribution < 1.29 is 18.4 Å². The highest BCUT2D eigenvalue weighted by Gasteiger charge is 2.10. The number of aromatic nitrogens is 2. The van der Waals surface area contributed by atoms with Crippen molar-refractivity contribution in [1.29, 1.82) is 0 Å². The van der Waals surface area contributed by atoms with Crippen molar-refractivity contribution in [2.24, 2.45) is 0 Å². The summed E-state index contributed by atoms with van der Waals surface area (Å²) in [6, 6.07) is 4.61. The van der Waals surface area contributed by atoms with Crippen molar-refractivity contribution in [1.82, 2.24) is 14.9 Å². The summed E-state index contributed by atoms with van der Waals surface area (Å²) >= 11 is 1.36. The van der Waals surface area contributed by atoms with E-state index in [2.05, 4.69) is 15.6 Å². The molecule has 27 heavy (non-hydrogen) atoms. The van der Waals surface area contributed by atoms with Gasteiger partial charge >= 0.3 is 0 Å². The van der Waals surface area contributed by atoms with Crippen LogP contribution in [0.5, 0.6) is 0 Å². The zero-order chi connectivity index (χ0) is 19.4. The highest BCUT2D eigenvalue weighted by Crippen LogP contribution is 2.14. The summed E-state index contributed by atoms with van der Waals surface area (Å²) in [6.07, 6.45) is 1.36. The van der Waals surface area contributed by atoms with Crippen LogP contribution in [0, 0.1) is 11.6 Å². The first-order valence-electron chi connectivity index (χ1n) is 7.88. The molecule has 2 aromatic heterocycles. The van der Waals surface area contributed by atoms with Crippen LogP contribution >= 0.6 is 11.3 Å². The molecule has 3 aromatic rings. The fraction of sp³-hybridized carbons (Fsp3) is 0.176. The van der Waals surface area contributed by atoms with Gasteiger partial charge in [0, 0.05) is 24.7 Å². The Morgan fingerprint density at radius 2 is 1.96 bits per heavy atom. The average Bonchev–Trinajstić information content (AvgIpc) is 3.12. The number of aryl methyl sites for hydroxylation is 1. The molecule has 3 rings (SSSR count). The fourth-order valence-corrected chi connectivity index (χ4v) is 3.04. The number of fused-ring (bicyclic) bond motifs is 1. The molecule has 2 N–H and O–H groups in total. The quantitative estimate of drug-likeness (QED) is 0.670. The Hall–Kier alpha value is -3.14. The monoisotopic (exact) mass is 392 g/mol. The van der Waals surface area contributed by atoms with Gasteiger partial charge in [-0.3, -0.25) is 19.0 Å². The van der Waals surface area contributed by atoms with E-state index in [4.69, 9.17) is 0 Å². The molecular weight excluding hydrogens is 378 g/mol. The molecule has 140 valence electrons. The van der Waals surface area contributed by atoms with Crippen LogP contribution in [0.2, 0.25) is 0 Å². The fourth-order valence-electron chi connectivity index (χ4n) is 2.32. The lowest BCUT2D eigenvalue weighted by Crippen LogP contribution is -2.34. The third kappa shape index (κ3) is 4.53. The zero-order valence-electron chi connectivity index (χ0n) is 13.9. The predicted molar refractivity (Wildman–Crippen MR) is 96.5 cm³/mol. The van der Waals surface area contributed by atoms with Gasteiger partial charge in [-0.25, -0.2) is 13.8 Å². The standard InChI is InChI=1S/C17H14F2N4O3S/c18-12-2-1-10(7-13(12)19)22-15(25)8-20-14(24)3-5-23-9-21-16-11(17(23)26)4-6-27-16/h1-2,4,6-7,9H,3,5,8H2,(H,20,24)(H,22,25). The van der Waals surface area contributed by atoms with Gasteiger partial charge in [-0.15, -0.1) is 11.3 Å². The van der Waals surface area contributed by atoms with Crippen LogP contribution in [0.15, 0.2) is 40.8 Å². The van der Waals surface area contributed by atoms with Gasteiger partial charge in [0.2, 0.25) is 11.8 Å². The van der Waals surface area contributed by atoms with E-state index in [9.17, 15) is 23.2 Å². The smallest absolute Gasteiger partial charge is 0.262 e. The molecule has 10 heteroatoms. The van der Waals surface area contributed by atoms with Gasteiger partial charge in [-0.2, -0.15) is 0 Å². The Morgan fingerprint density at radius 3 is 2.74 bits per heavy atom. The molecule has 2 heterocycles. The lowest BCUT2D eigenvalue weighted by molar-refractivity contribution is -0.124. The lowest BCUT2D eigenvalue weighted by Gasteiger charge is -2.08. The normalized spacial score (nSPS) is 10.7. The maximum absolute atomic E-state index is 13.1. The van der Waals surface area contributed by atoms with Gasteiger partial charge in [-0.05, 0) is 23.6 Å². The highest BCUT2D eigenvalue weighted by atomic mass is 32.1. The van der Waals surface area contributed by atoms with E-state index >= 15 is 0 Å². The minimum Gasteiger partial charge on any atom is -0.347 e. The van der Waals surface area contributed by atoms with Crippen LogP contribution in [0.1, 0.15) is 6.42 Å². The lowest BCUT2D eigenvalue weighted by atomic mass is 10.3. The maximum Gasteiger partial charge on any atom is 0.262 e. The van der Waals surface area contributed by atoms with Crippen LogP contribution in [0.25, 0.3) is 10.2 Å². The SMILES string of the molecule is O=C(CCn1cnc2sccc2c1=O)NCC(=O)Nc1ccc(F)c(F)c1. The first kappa shape index (κ1) is 18.6. The first-order chi connectivity index (χ1) is 12.9. The van der Waals surface area contributed by atoms with Crippen molar-refractivity contribution in [2.45, 2.75) is 13.0 Å². The molecule has 2 amide bonds. The Morgan fingerprint density at radius 1 is 1.15 bits per heavy atom. The number of rotatable bonds is 6. The molecule has 0 fully saturated rings. The number of nitrogens with one attached hydrogen (secondary N) is 2. The third-order valence-corrected chi connectivity index (χ3v) is 4.50. The van der Waals surface area contributed by atoms with E-state index in [1.54, 1.807) is 11.4 Å². The molecule has 0 radical (unpaired) electrons. The number of nitrogens with zero attached hydrogens (tertiary/aromatic N) is 2. The number of halogens is 2. The first-order valence-corrected chi connectivity index (χ1v) is 8.76. The molecule has 0 saturated carbocycles. The molecule has 0 bridgehead atoms. The van der Waals surface area contributed by atoms with E-state index in [1.807, 2.05) is 0 Å². The van der Waals surface area contributed by atoms with Gasteiger partial charge in [0.1, 0.15) is 4.83 Å². The third-order valence-electron chi connectivity index (χ3n) is 3.68. The van der Waals surface area contributed by atoms with Crippen LogP contribution < -0.4 is 16.2 Å². The molecule has 0 aliphatic heterocycles. The number of carbonyl (C=O) groups excluding carboxylic acids is 2. The van der Waals surface area contributed by atoms with E-state index < -0.39 is 23.4 Å². The van der Waals surface area contributed by atoms with Crippen molar-refractivity contribution in [3.8, 4) is 0 Å². The number of carbonyl (C=O) groups is 2. The van der Waals surface area contributed by atoms with Crippen LogP contribution in [0.3, 0.4) is 0 Å². The summed E-state index contributed by atoms with van der Waals surface area (Å²) in [7, 11) is 0.